The lowest BCUT2D eigenvalue weighted by molar-refractivity contribution is 0.578. The van der Waals surface area contributed by atoms with Crippen LogP contribution in [0.3, 0.4) is 0 Å². The average molecular weight is 353 g/mol. The van der Waals surface area contributed by atoms with Crippen molar-refractivity contribution in [3.8, 4) is 0 Å². The van der Waals surface area contributed by atoms with Gasteiger partial charge in [-0.2, -0.15) is 0 Å². The molecule has 0 amide bonds. The van der Waals surface area contributed by atoms with Crippen LogP contribution in [0.5, 0.6) is 0 Å². The van der Waals surface area contributed by atoms with Crippen molar-refractivity contribution in [2.75, 3.05) is 0 Å². The van der Waals surface area contributed by atoms with Crippen LogP contribution in [0.2, 0.25) is 5.02 Å². The molecule has 1 heterocycles. The van der Waals surface area contributed by atoms with Gasteiger partial charge in [-0.25, -0.2) is 8.78 Å². The van der Waals surface area contributed by atoms with Crippen LogP contribution in [-0.2, 0) is 0 Å². The third-order valence-electron chi connectivity index (χ3n) is 2.56. The van der Waals surface area contributed by atoms with Crippen molar-refractivity contribution in [3.63, 3.8) is 0 Å². The molecule has 1 aromatic carbocycles. The highest BCUT2D eigenvalue weighted by Crippen LogP contribution is 2.34. The number of halogens is 4. The lowest BCUT2D eigenvalue weighted by Gasteiger charge is -2.11. The summed E-state index contributed by atoms with van der Waals surface area (Å²) in [5.41, 5.74) is 6.06. The van der Waals surface area contributed by atoms with Gasteiger partial charge in [-0.3, -0.25) is 0 Å². The monoisotopic (exact) mass is 351 g/mol. The molecule has 0 bridgehead atoms. The van der Waals surface area contributed by atoms with Crippen LogP contribution in [0.15, 0.2) is 22.7 Å². The topological polar surface area (TPSA) is 26.0 Å². The highest BCUT2D eigenvalue weighted by molar-refractivity contribution is 9.10. The van der Waals surface area contributed by atoms with Crippen molar-refractivity contribution in [3.05, 3.63) is 54.6 Å². The smallest absolute Gasteiger partial charge is 0.142 e. The normalized spacial score (nSPS) is 12.8. The van der Waals surface area contributed by atoms with Crippen molar-refractivity contribution >= 4 is 38.9 Å². The molecule has 0 aliphatic rings. The fourth-order valence-electron chi connectivity index (χ4n) is 1.56. The molecule has 1 nitrogen and oxygen atoms in total. The van der Waals surface area contributed by atoms with Gasteiger partial charge in [-0.15, -0.1) is 11.3 Å². The van der Waals surface area contributed by atoms with Crippen LogP contribution in [0.25, 0.3) is 0 Å². The number of benzene rings is 1. The Hall–Kier alpha value is -0.490. The average Bonchev–Trinajstić information content (AvgIpc) is 2.63. The molecular weight excluding hydrogens is 344 g/mol. The third-order valence-corrected chi connectivity index (χ3v) is 5.07. The Kier molecular flexibility index (Phi) is 4.06. The first-order valence-corrected chi connectivity index (χ1v) is 7.04. The maximum atomic E-state index is 13.7. The summed E-state index contributed by atoms with van der Waals surface area (Å²) < 4.78 is 28.0. The molecule has 0 radical (unpaired) electrons. The zero-order chi connectivity index (χ0) is 13.4. The first-order valence-electron chi connectivity index (χ1n) is 5.06. The second-order valence-electron chi connectivity index (χ2n) is 3.82. The molecule has 1 unspecified atom stereocenters. The van der Waals surface area contributed by atoms with Gasteiger partial charge in [0.05, 0.1) is 11.1 Å². The first kappa shape index (κ1) is 13.9. The van der Waals surface area contributed by atoms with Gasteiger partial charge >= 0.3 is 0 Å². The van der Waals surface area contributed by atoms with E-state index >= 15 is 0 Å². The third kappa shape index (κ3) is 2.59. The van der Waals surface area contributed by atoms with E-state index in [1.807, 2.05) is 13.0 Å². The number of thiophene rings is 1. The van der Waals surface area contributed by atoms with E-state index in [4.69, 9.17) is 17.3 Å². The van der Waals surface area contributed by atoms with Gasteiger partial charge in [-0.1, -0.05) is 11.6 Å². The van der Waals surface area contributed by atoms with Gasteiger partial charge in [0.25, 0.3) is 0 Å². The van der Waals surface area contributed by atoms with E-state index in [-0.39, 0.29) is 10.6 Å². The van der Waals surface area contributed by atoms with Crippen LogP contribution < -0.4 is 5.73 Å². The molecule has 18 heavy (non-hydrogen) atoms. The second-order valence-corrected chi connectivity index (χ2v) is 6.37. The van der Waals surface area contributed by atoms with Crippen molar-refractivity contribution in [2.24, 2.45) is 5.73 Å². The summed E-state index contributed by atoms with van der Waals surface area (Å²) in [6.07, 6.45) is 0. The van der Waals surface area contributed by atoms with Gasteiger partial charge in [-0.05, 0) is 41.1 Å². The van der Waals surface area contributed by atoms with E-state index in [0.29, 0.717) is 0 Å². The molecule has 0 saturated heterocycles. The summed E-state index contributed by atoms with van der Waals surface area (Å²) >= 11 is 10.3. The van der Waals surface area contributed by atoms with Crippen molar-refractivity contribution in [2.45, 2.75) is 13.0 Å². The molecule has 1 atom stereocenters. The lowest BCUT2D eigenvalue weighted by Crippen LogP contribution is -2.12. The molecule has 2 aromatic rings. The lowest BCUT2D eigenvalue weighted by atomic mass is 10.1. The molecule has 1 aromatic heterocycles. The Balaban J connectivity index is 2.45. The van der Waals surface area contributed by atoms with Gasteiger partial charge < -0.3 is 5.73 Å². The largest absolute Gasteiger partial charge is 0.320 e. The Labute approximate surface area is 121 Å². The Bertz CT molecular complexity index is 581. The quantitative estimate of drug-likeness (QED) is 0.772. The van der Waals surface area contributed by atoms with E-state index < -0.39 is 17.7 Å². The molecule has 0 aliphatic carbocycles. The van der Waals surface area contributed by atoms with Crippen LogP contribution in [0.1, 0.15) is 21.4 Å². The van der Waals surface area contributed by atoms with Crippen LogP contribution >= 0.6 is 38.9 Å². The first-order chi connectivity index (χ1) is 8.40. The molecular formula is C12H9BrClF2NS. The predicted molar refractivity (Wildman–Crippen MR) is 74.2 cm³/mol. The number of nitrogens with two attached hydrogens (primary N) is 1. The molecule has 96 valence electrons. The summed E-state index contributed by atoms with van der Waals surface area (Å²) in [5.74, 6) is -1.27. The van der Waals surface area contributed by atoms with Gasteiger partial charge in [0.1, 0.15) is 11.6 Å². The zero-order valence-corrected chi connectivity index (χ0v) is 12.5. The predicted octanol–water partition coefficient (Wildman–Crippen LogP) is 4.80. The Morgan fingerprint density at radius 2 is 1.94 bits per heavy atom. The minimum Gasteiger partial charge on any atom is -0.320 e. The molecule has 0 spiro atoms. The van der Waals surface area contributed by atoms with Crippen molar-refractivity contribution in [1.29, 1.82) is 0 Å². The van der Waals surface area contributed by atoms with Crippen LogP contribution in [-0.4, -0.2) is 0 Å². The number of rotatable bonds is 2. The fourth-order valence-corrected chi connectivity index (χ4v) is 3.30. The fraction of sp³-hybridized carbons (Fsp3) is 0.167. The summed E-state index contributed by atoms with van der Waals surface area (Å²) in [4.78, 5) is 1.80. The molecule has 6 heteroatoms. The molecule has 2 rings (SSSR count). The highest BCUT2D eigenvalue weighted by atomic mass is 79.9. The van der Waals surface area contributed by atoms with E-state index in [2.05, 4.69) is 15.9 Å². The van der Waals surface area contributed by atoms with E-state index in [0.717, 1.165) is 26.4 Å². The number of hydrogen-bond acceptors (Lipinski definition) is 2. The molecule has 0 aliphatic heterocycles. The maximum Gasteiger partial charge on any atom is 0.142 e. The van der Waals surface area contributed by atoms with E-state index in [9.17, 15) is 8.78 Å². The van der Waals surface area contributed by atoms with Gasteiger partial charge in [0.15, 0.2) is 0 Å². The SMILES string of the molecule is Cc1sc(C(N)c2cc(F)c(Cl)cc2F)cc1Br. The van der Waals surface area contributed by atoms with E-state index in [1.54, 1.807) is 0 Å². The summed E-state index contributed by atoms with van der Waals surface area (Å²) in [6.45, 7) is 1.92. The van der Waals surface area contributed by atoms with Gasteiger partial charge in [0.2, 0.25) is 0 Å². The molecule has 0 saturated carbocycles. The van der Waals surface area contributed by atoms with Crippen LogP contribution in [0.4, 0.5) is 8.78 Å². The highest BCUT2D eigenvalue weighted by Gasteiger charge is 2.19. The van der Waals surface area contributed by atoms with Crippen LogP contribution in [0, 0.1) is 18.6 Å². The molecule has 0 fully saturated rings. The maximum absolute atomic E-state index is 13.7. The summed E-state index contributed by atoms with van der Waals surface area (Å²) in [5, 5.41) is -0.244. The minimum atomic E-state index is -0.702. The summed E-state index contributed by atoms with van der Waals surface area (Å²) in [7, 11) is 0. The Morgan fingerprint density at radius 3 is 2.50 bits per heavy atom. The van der Waals surface area contributed by atoms with E-state index in [1.165, 1.54) is 11.3 Å². The van der Waals surface area contributed by atoms with Crippen molar-refractivity contribution in [1.82, 2.24) is 0 Å². The zero-order valence-electron chi connectivity index (χ0n) is 9.31. The van der Waals surface area contributed by atoms with Gasteiger partial charge in [0, 0.05) is 19.8 Å². The summed E-state index contributed by atoms with van der Waals surface area (Å²) in [6, 6.07) is 3.11. The second kappa shape index (κ2) is 5.25. The molecule has 2 N–H and O–H groups in total. The standard InChI is InChI=1S/C12H9BrClF2NS/c1-5-7(13)3-11(18-5)12(17)6-2-10(16)8(14)4-9(6)15/h2-4,12H,17H2,1H3. The number of aryl methyl sites for hydroxylation is 1. The minimum absolute atomic E-state index is 0.102. The van der Waals surface area contributed by atoms with Crippen molar-refractivity contribution < 1.29 is 8.78 Å². The Morgan fingerprint density at radius 1 is 1.28 bits per heavy atom. The number of hydrogen-bond donors (Lipinski definition) is 1.